The largest absolute Gasteiger partial charge is 0.465 e. The van der Waals surface area contributed by atoms with Crippen molar-refractivity contribution in [1.29, 1.82) is 0 Å². The molecule has 0 aliphatic heterocycles. The van der Waals surface area contributed by atoms with Gasteiger partial charge in [0.2, 0.25) is 0 Å². The van der Waals surface area contributed by atoms with Gasteiger partial charge in [0, 0.05) is 11.6 Å². The van der Waals surface area contributed by atoms with Crippen molar-refractivity contribution in [3.63, 3.8) is 0 Å². The van der Waals surface area contributed by atoms with Crippen LogP contribution in [0.5, 0.6) is 0 Å². The van der Waals surface area contributed by atoms with Gasteiger partial charge in [-0.15, -0.1) is 0 Å². The van der Waals surface area contributed by atoms with Crippen LogP contribution in [0.25, 0.3) is 11.3 Å². The topological polar surface area (TPSA) is 39.2 Å². The molecule has 0 radical (unpaired) electrons. The van der Waals surface area contributed by atoms with Crippen LogP contribution in [0.15, 0.2) is 24.3 Å². The van der Waals surface area contributed by atoms with Crippen molar-refractivity contribution in [2.45, 2.75) is 6.18 Å². The van der Waals surface area contributed by atoms with Crippen LogP contribution in [0.1, 0.15) is 15.9 Å². The number of alkyl halides is 3. The zero-order valence-electron chi connectivity index (χ0n) is 11.3. The Hall–Kier alpha value is -2.22. The van der Waals surface area contributed by atoms with Crippen molar-refractivity contribution in [3.8, 4) is 11.3 Å². The SMILES string of the molecule is COC(=O)c1c(C(F)(F)F)cc(-c2cc(F)cc(F)c2)nc1Cl. The van der Waals surface area contributed by atoms with E-state index in [1.165, 1.54) is 0 Å². The van der Waals surface area contributed by atoms with Gasteiger partial charge in [0.25, 0.3) is 0 Å². The van der Waals surface area contributed by atoms with E-state index in [4.69, 9.17) is 11.6 Å². The van der Waals surface area contributed by atoms with Crippen molar-refractivity contribution in [3.05, 3.63) is 52.2 Å². The molecular weight excluding hydrogens is 345 g/mol. The van der Waals surface area contributed by atoms with E-state index in [1.54, 1.807) is 0 Å². The molecule has 1 aromatic carbocycles. The number of rotatable bonds is 2. The Labute approximate surface area is 131 Å². The van der Waals surface area contributed by atoms with E-state index in [0.29, 0.717) is 12.1 Å². The van der Waals surface area contributed by atoms with Crippen LogP contribution in [-0.4, -0.2) is 18.1 Å². The molecular formula is C14H7ClF5NO2. The standard InChI is InChI=1S/C14H7ClF5NO2/c1-23-13(22)11-9(14(18,19)20)5-10(21-12(11)15)6-2-7(16)4-8(17)3-6/h2-5H,1H3. The average Bonchev–Trinajstić information content (AvgIpc) is 2.43. The number of ether oxygens (including phenoxy) is 1. The summed E-state index contributed by atoms with van der Waals surface area (Å²) in [6.45, 7) is 0. The van der Waals surface area contributed by atoms with E-state index in [0.717, 1.165) is 19.2 Å². The van der Waals surface area contributed by atoms with Gasteiger partial charge in [-0.2, -0.15) is 13.2 Å². The van der Waals surface area contributed by atoms with E-state index in [9.17, 15) is 26.7 Å². The van der Waals surface area contributed by atoms with Gasteiger partial charge in [0.1, 0.15) is 22.4 Å². The summed E-state index contributed by atoms with van der Waals surface area (Å²) in [6.07, 6.45) is -4.95. The average molecular weight is 352 g/mol. The summed E-state index contributed by atoms with van der Waals surface area (Å²) in [5.74, 6) is -3.32. The van der Waals surface area contributed by atoms with E-state index in [1.807, 2.05) is 0 Å². The first-order valence-electron chi connectivity index (χ1n) is 5.96. The Morgan fingerprint density at radius 3 is 2.17 bits per heavy atom. The van der Waals surface area contributed by atoms with Gasteiger partial charge < -0.3 is 4.74 Å². The van der Waals surface area contributed by atoms with Crippen LogP contribution in [0.3, 0.4) is 0 Å². The Balaban J connectivity index is 2.73. The molecule has 0 aliphatic rings. The Morgan fingerprint density at radius 2 is 1.70 bits per heavy atom. The first-order valence-corrected chi connectivity index (χ1v) is 6.33. The van der Waals surface area contributed by atoms with Crippen molar-refractivity contribution in [1.82, 2.24) is 4.98 Å². The van der Waals surface area contributed by atoms with Crippen LogP contribution in [0.4, 0.5) is 22.0 Å². The van der Waals surface area contributed by atoms with Crippen LogP contribution in [-0.2, 0) is 10.9 Å². The summed E-state index contributed by atoms with van der Waals surface area (Å²) in [4.78, 5) is 15.1. The molecule has 0 fully saturated rings. The fraction of sp³-hybridized carbons (Fsp3) is 0.143. The number of methoxy groups -OCH3 is 1. The number of benzene rings is 1. The van der Waals surface area contributed by atoms with Gasteiger partial charge in [0.15, 0.2) is 0 Å². The summed E-state index contributed by atoms with van der Waals surface area (Å²) in [7, 11) is 0.884. The molecule has 0 saturated heterocycles. The van der Waals surface area contributed by atoms with E-state index < -0.39 is 45.8 Å². The molecule has 2 aromatic rings. The summed E-state index contributed by atoms with van der Waals surface area (Å²) < 4.78 is 70.1. The minimum absolute atomic E-state index is 0.258. The van der Waals surface area contributed by atoms with Gasteiger partial charge in [-0.1, -0.05) is 11.6 Å². The van der Waals surface area contributed by atoms with Crippen LogP contribution in [0.2, 0.25) is 5.15 Å². The Morgan fingerprint density at radius 1 is 1.13 bits per heavy atom. The first kappa shape index (κ1) is 17.1. The van der Waals surface area contributed by atoms with E-state index in [2.05, 4.69) is 9.72 Å². The fourth-order valence-electron chi connectivity index (χ4n) is 1.88. The first-order chi connectivity index (χ1) is 10.6. The number of carbonyl (C=O) groups excluding carboxylic acids is 1. The van der Waals surface area contributed by atoms with Crippen molar-refractivity contribution >= 4 is 17.6 Å². The predicted octanol–water partition coefficient (Wildman–Crippen LogP) is 4.49. The monoisotopic (exact) mass is 351 g/mol. The van der Waals surface area contributed by atoms with Gasteiger partial charge in [0.05, 0.1) is 18.4 Å². The maximum Gasteiger partial charge on any atom is 0.417 e. The molecule has 9 heteroatoms. The molecule has 0 spiro atoms. The van der Waals surface area contributed by atoms with Gasteiger partial charge >= 0.3 is 12.1 Å². The maximum absolute atomic E-state index is 13.2. The molecule has 3 nitrogen and oxygen atoms in total. The summed E-state index contributed by atoms with van der Waals surface area (Å²) in [5, 5.41) is -0.786. The number of nitrogens with zero attached hydrogens (tertiary/aromatic N) is 1. The number of aromatic nitrogens is 1. The van der Waals surface area contributed by atoms with Gasteiger partial charge in [-0.05, 0) is 18.2 Å². The zero-order chi connectivity index (χ0) is 17.4. The molecule has 23 heavy (non-hydrogen) atoms. The lowest BCUT2D eigenvalue weighted by atomic mass is 10.0. The molecule has 0 N–H and O–H groups in total. The minimum atomic E-state index is -4.95. The lowest BCUT2D eigenvalue weighted by molar-refractivity contribution is -0.138. The van der Waals surface area contributed by atoms with Crippen LogP contribution >= 0.6 is 11.6 Å². The second-order valence-corrected chi connectivity index (χ2v) is 4.73. The third-order valence-corrected chi connectivity index (χ3v) is 3.10. The number of carbonyl (C=O) groups is 1. The molecule has 0 saturated carbocycles. The molecule has 1 aromatic heterocycles. The summed E-state index contributed by atoms with van der Waals surface area (Å²) in [5.41, 5.74) is -3.08. The summed E-state index contributed by atoms with van der Waals surface area (Å²) in [6, 6.07) is 2.62. The molecule has 1 heterocycles. The number of hydrogen-bond donors (Lipinski definition) is 0. The highest BCUT2D eigenvalue weighted by molar-refractivity contribution is 6.32. The van der Waals surface area contributed by atoms with Crippen LogP contribution in [0, 0.1) is 11.6 Å². The highest BCUT2D eigenvalue weighted by Gasteiger charge is 2.38. The fourth-order valence-corrected chi connectivity index (χ4v) is 2.15. The zero-order valence-corrected chi connectivity index (χ0v) is 12.1. The molecule has 0 unspecified atom stereocenters. The maximum atomic E-state index is 13.2. The predicted molar refractivity (Wildman–Crippen MR) is 70.9 cm³/mol. The molecule has 122 valence electrons. The van der Waals surface area contributed by atoms with Crippen molar-refractivity contribution < 1.29 is 31.5 Å². The lowest BCUT2D eigenvalue weighted by Crippen LogP contribution is -2.16. The molecule has 0 atom stereocenters. The normalized spacial score (nSPS) is 11.4. The highest BCUT2D eigenvalue weighted by atomic mass is 35.5. The molecule has 0 aliphatic carbocycles. The van der Waals surface area contributed by atoms with E-state index >= 15 is 0 Å². The smallest absolute Gasteiger partial charge is 0.417 e. The molecule has 0 bridgehead atoms. The molecule has 2 rings (SSSR count). The summed E-state index contributed by atoms with van der Waals surface area (Å²) >= 11 is 5.64. The minimum Gasteiger partial charge on any atom is -0.465 e. The number of pyridine rings is 1. The molecule has 0 amide bonds. The Bertz CT molecular complexity index is 756. The Kier molecular flexibility index (Phi) is 4.56. The number of esters is 1. The van der Waals surface area contributed by atoms with Crippen molar-refractivity contribution in [2.24, 2.45) is 0 Å². The number of halogens is 6. The van der Waals surface area contributed by atoms with E-state index in [-0.39, 0.29) is 5.56 Å². The van der Waals surface area contributed by atoms with Crippen LogP contribution < -0.4 is 0 Å². The third kappa shape index (κ3) is 3.58. The lowest BCUT2D eigenvalue weighted by Gasteiger charge is -2.14. The second-order valence-electron chi connectivity index (χ2n) is 4.37. The quantitative estimate of drug-likeness (QED) is 0.455. The third-order valence-electron chi connectivity index (χ3n) is 2.83. The second kappa shape index (κ2) is 6.11. The number of hydrogen-bond acceptors (Lipinski definition) is 3. The van der Waals surface area contributed by atoms with Gasteiger partial charge in [-0.25, -0.2) is 18.6 Å². The highest BCUT2D eigenvalue weighted by Crippen LogP contribution is 2.37. The van der Waals surface area contributed by atoms with Gasteiger partial charge in [-0.3, -0.25) is 0 Å². The van der Waals surface area contributed by atoms with Crippen molar-refractivity contribution in [2.75, 3.05) is 7.11 Å².